The summed E-state index contributed by atoms with van der Waals surface area (Å²) in [5, 5.41) is 6.60. The molecule has 8 nitrogen and oxygen atoms in total. The highest BCUT2D eigenvalue weighted by atomic mass is 16.4. The van der Waals surface area contributed by atoms with Crippen LogP contribution in [0.5, 0.6) is 0 Å². The molecule has 3 rings (SSSR count). The van der Waals surface area contributed by atoms with Crippen molar-refractivity contribution in [2.45, 2.75) is 26.9 Å². The van der Waals surface area contributed by atoms with E-state index in [0.717, 1.165) is 49.0 Å². The van der Waals surface area contributed by atoms with E-state index in [2.05, 4.69) is 48.5 Å². The molecule has 2 N–H and O–H groups in total. The number of rotatable bonds is 5. The highest BCUT2D eigenvalue weighted by Crippen LogP contribution is 2.18. The Hall–Kier alpha value is -2.61. The summed E-state index contributed by atoms with van der Waals surface area (Å²) in [6.45, 7) is 9.11. The molecular weight excluding hydrogens is 342 g/mol. The van der Waals surface area contributed by atoms with Crippen LogP contribution in [0.15, 0.2) is 27.7 Å². The number of hydrogen-bond acceptors (Lipinski definition) is 6. The summed E-state index contributed by atoms with van der Waals surface area (Å²) >= 11 is 0. The Morgan fingerprint density at radius 1 is 1.19 bits per heavy atom. The fraction of sp³-hybridized carbons (Fsp3) is 0.526. The van der Waals surface area contributed by atoms with Crippen LogP contribution >= 0.6 is 0 Å². The van der Waals surface area contributed by atoms with Crippen molar-refractivity contribution < 1.29 is 4.42 Å². The third-order valence-electron chi connectivity index (χ3n) is 4.82. The third-order valence-corrected chi connectivity index (χ3v) is 4.82. The summed E-state index contributed by atoms with van der Waals surface area (Å²) in [5.74, 6) is 3.26. The lowest BCUT2D eigenvalue weighted by Crippen LogP contribution is -2.45. The van der Waals surface area contributed by atoms with Gasteiger partial charge in [0.05, 0.1) is 12.2 Å². The quantitative estimate of drug-likeness (QED) is 0.606. The minimum Gasteiger partial charge on any atom is -0.444 e. The summed E-state index contributed by atoms with van der Waals surface area (Å²) in [5.41, 5.74) is 2.08. The van der Waals surface area contributed by atoms with E-state index in [9.17, 15) is 0 Å². The fourth-order valence-corrected chi connectivity index (χ4v) is 3.04. The second kappa shape index (κ2) is 8.85. The zero-order valence-electron chi connectivity index (χ0n) is 16.6. The van der Waals surface area contributed by atoms with E-state index in [1.54, 1.807) is 7.05 Å². The van der Waals surface area contributed by atoms with Gasteiger partial charge in [0.2, 0.25) is 5.89 Å². The van der Waals surface area contributed by atoms with Gasteiger partial charge < -0.3 is 24.9 Å². The number of pyridine rings is 1. The van der Waals surface area contributed by atoms with Crippen LogP contribution in [0, 0.1) is 13.8 Å². The molecule has 0 aliphatic carbocycles. The highest BCUT2D eigenvalue weighted by molar-refractivity contribution is 5.79. The maximum atomic E-state index is 5.60. The zero-order valence-corrected chi connectivity index (χ0v) is 16.6. The average Bonchev–Trinajstić information content (AvgIpc) is 3.00. The standard InChI is InChI=1S/C19H29N7O/c1-14-15(2)27-17(24-14)13-23-19(20-3)22-12-16-6-5-7-21-18(16)26-10-8-25(4)9-11-26/h5-7H,8-13H2,1-4H3,(H2,20,22,23). The van der Waals surface area contributed by atoms with E-state index < -0.39 is 0 Å². The van der Waals surface area contributed by atoms with Gasteiger partial charge in [-0.25, -0.2) is 9.97 Å². The number of guanidine groups is 1. The van der Waals surface area contributed by atoms with Crippen molar-refractivity contribution in [3.05, 3.63) is 41.2 Å². The molecule has 0 bridgehead atoms. The molecule has 27 heavy (non-hydrogen) atoms. The number of aromatic nitrogens is 2. The number of aliphatic imine (C=N–C) groups is 1. The maximum absolute atomic E-state index is 5.60. The first-order valence-electron chi connectivity index (χ1n) is 9.31. The van der Waals surface area contributed by atoms with Crippen molar-refractivity contribution in [1.82, 2.24) is 25.5 Å². The predicted molar refractivity (Wildman–Crippen MR) is 107 cm³/mol. The first-order valence-corrected chi connectivity index (χ1v) is 9.31. The molecule has 146 valence electrons. The normalized spacial score (nSPS) is 15.9. The van der Waals surface area contributed by atoms with Crippen LogP contribution in [0.3, 0.4) is 0 Å². The molecule has 0 unspecified atom stereocenters. The van der Waals surface area contributed by atoms with Crippen molar-refractivity contribution in [2.75, 3.05) is 45.2 Å². The molecular formula is C19H29N7O. The molecule has 8 heteroatoms. The van der Waals surface area contributed by atoms with Crippen LogP contribution in [0.4, 0.5) is 5.82 Å². The molecule has 1 saturated heterocycles. The third kappa shape index (κ3) is 4.97. The van der Waals surface area contributed by atoms with Gasteiger partial charge in [0.25, 0.3) is 0 Å². The van der Waals surface area contributed by atoms with E-state index >= 15 is 0 Å². The Kier molecular flexibility index (Phi) is 6.28. The number of oxazole rings is 1. The molecule has 2 aromatic rings. The van der Waals surface area contributed by atoms with Crippen LogP contribution in [0.2, 0.25) is 0 Å². The number of piperazine rings is 1. The molecule has 0 atom stereocenters. The largest absolute Gasteiger partial charge is 0.444 e. The van der Waals surface area contributed by atoms with Crippen molar-refractivity contribution in [2.24, 2.45) is 4.99 Å². The summed E-state index contributed by atoms with van der Waals surface area (Å²) in [6, 6.07) is 4.09. The van der Waals surface area contributed by atoms with Crippen LogP contribution in [-0.2, 0) is 13.1 Å². The number of likely N-dealkylation sites (N-methyl/N-ethyl adjacent to an activating group) is 1. The number of anilines is 1. The van der Waals surface area contributed by atoms with Crippen molar-refractivity contribution in [3.8, 4) is 0 Å². The van der Waals surface area contributed by atoms with E-state index in [1.165, 1.54) is 0 Å². The Balaban J connectivity index is 1.58. The van der Waals surface area contributed by atoms with Gasteiger partial charge in [0.15, 0.2) is 5.96 Å². The minimum absolute atomic E-state index is 0.493. The molecule has 1 fully saturated rings. The van der Waals surface area contributed by atoms with E-state index in [0.29, 0.717) is 24.9 Å². The maximum Gasteiger partial charge on any atom is 0.214 e. The first kappa shape index (κ1) is 19.2. The summed E-state index contributed by atoms with van der Waals surface area (Å²) in [7, 11) is 3.91. The van der Waals surface area contributed by atoms with Gasteiger partial charge in [0.1, 0.15) is 11.6 Å². The molecule has 1 aliphatic heterocycles. The number of hydrogen-bond donors (Lipinski definition) is 2. The van der Waals surface area contributed by atoms with Gasteiger partial charge in [-0.1, -0.05) is 6.07 Å². The van der Waals surface area contributed by atoms with Gasteiger partial charge in [-0.3, -0.25) is 4.99 Å². The monoisotopic (exact) mass is 371 g/mol. The molecule has 3 heterocycles. The van der Waals surface area contributed by atoms with Gasteiger partial charge in [-0.15, -0.1) is 0 Å². The van der Waals surface area contributed by atoms with Gasteiger partial charge in [-0.05, 0) is 27.0 Å². The summed E-state index contributed by atoms with van der Waals surface area (Å²) in [4.78, 5) is 18.0. The molecule has 0 spiro atoms. The van der Waals surface area contributed by atoms with E-state index in [-0.39, 0.29) is 0 Å². The predicted octanol–water partition coefficient (Wildman–Crippen LogP) is 1.30. The Labute approximate surface area is 160 Å². The molecule has 0 saturated carbocycles. The number of nitrogens with zero attached hydrogens (tertiary/aromatic N) is 5. The lowest BCUT2D eigenvalue weighted by Gasteiger charge is -2.34. The van der Waals surface area contributed by atoms with Gasteiger partial charge >= 0.3 is 0 Å². The summed E-state index contributed by atoms with van der Waals surface area (Å²) < 4.78 is 5.60. The van der Waals surface area contributed by atoms with Crippen molar-refractivity contribution in [3.63, 3.8) is 0 Å². The molecule has 1 aliphatic rings. The first-order chi connectivity index (χ1) is 13.1. The topological polar surface area (TPSA) is 81.8 Å². The summed E-state index contributed by atoms with van der Waals surface area (Å²) in [6.07, 6.45) is 1.86. The SMILES string of the molecule is CN=C(NCc1nc(C)c(C)o1)NCc1cccnc1N1CCN(C)CC1. The average molecular weight is 371 g/mol. The second-order valence-corrected chi connectivity index (χ2v) is 6.80. The van der Waals surface area contributed by atoms with Gasteiger partial charge in [-0.2, -0.15) is 0 Å². The Morgan fingerprint density at radius 3 is 2.59 bits per heavy atom. The highest BCUT2D eigenvalue weighted by Gasteiger charge is 2.18. The molecule has 0 amide bonds. The molecule has 0 aromatic carbocycles. The number of aryl methyl sites for hydroxylation is 2. The number of nitrogens with one attached hydrogen (secondary N) is 2. The van der Waals surface area contributed by atoms with E-state index in [4.69, 9.17) is 4.42 Å². The smallest absolute Gasteiger partial charge is 0.214 e. The lowest BCUT2D eigenvalue weighted by atomic mass is 10.2. The molecule has 0 radical (unpaired) electrons. The van der Waals surface area contributed by atoms with E-state index in [1.807, 2.05) is 26.1 Å². The van der Waals surface area contributed by atoms with Crippen molar-refractivity contribution >= 4 is 11.8 Å². The van der Waals surface area contributed by atoms with Crippen LogP contribution in [0.1, 0.15) is 22.9 Å². The second-order valence-electron chi connectivity index (χ2n) is 6.80. The lowest BCUT2D eigenvalue weighted by molar-refractivity contribution is 0.312. The minimum atomic E-state index is 0.493. The van der Waals surface area contributed by atoms with Gasteiger partial charge in [0, 0.05) is 51.5 Å². The van der Waals surface area contributed by atoms with Crippen LogP contribution < -0.4 is 15.5 Å². The van der Waals surface area contributed by atoms with Crippen LogP contribution in [0.25, 0.3) is 0 Å². The Morgan fingerprint density at radius 2 is 1.93 bits per heavy atom. The van der Waals surface area contributed by atoms with Crippen LogP contribution in [-0.4, -0.2) is 61.1 Å². The fourth-order valence-electron chi connectivity index (χ4n) is 3.04. The Bertz CT molecular complexity index is 759. The zero-order chi connectivity index (χ0) is 19.2. The van der Waals surface area contributed by atoms with Crippen molar-refractivity contribution in [1.29, 1.82) is 0 Å². The molecule has 2 aromatic heterocycles.